The molecule has 3 aromatic rings. The Kier molecular flexibility index (Phi) is 5.39. The van der Waals surface area contributed by atoms with Crippen molar-refractivity contribution in [2.24, 2.45) is 0 Å². The maximum Gasteiger partial charge on any atom is 0.269 e. The van der Waals surface area contributed by atoms with Crippen molar-refractivity contribution in [1.82, 2.24) is 4.98 Å². The number of sulfonamides is 1. The Hall–Kier alpha value is -2.54. The molecule has 0 aliphatic carbocycles. The summed E-state index contributed by atoms with van der Waals surface area (Å²) in [7, 11) is -7.98. The van der Waals surface area contributed by atoms with Gasteiger partial charge in [0.15, 0.2) is 5.13 Å². The molecule has 0 radical (unpaired) electrons. The molecule has 0 unspecified atom stereocenters. The lowest BCUT2D eigenvalue weighted by Crippen LogP contribution is -2.12. The molecule has 1 heterocycles. The first-order valence-electron chi connectivity index (χ1n) is 7.33. The van der Waals surface area contributed by atoms with Gasteiger partial charge in [0.05, 0.1) is 20.9 Å². The van der Waals surface area contributed by atoms with Crippen molar-refractivity contribution in [1.29, 1.82) is 0 Å². The molecule has 0 saturated heterocycles. The van der Waals surface area contributed by atoms with E-state index in [1.807, 2.05) is 0 Å². The van der Waals surface area contributed by atoms with E-state index in [-0.39, 0.29) is 24.8 Å². The van der Waals surface area contributed by atoms with Crippen LogP contribution in [0, 0.1) is 10.1 Å². The van der Waals surface area contributed by atoms with Crippen LogP contribution < -0.4 is 4.72 Å². The summed E-state index contributed by atoms with van der Waals surface area (Å²) in [4.78, 5) is 13.6. The highest BCUT2D eigenvalue weighted by Gasteiger charge is 2.23. The number of nitrogens with one attached hydrogen (secondary N) is 1. The summed E-state index contributed by atoms with van der Waals surface area (Å²) in [5.74, 6) is 0. The second-order valence-electron chi connectivity index (χ2n) is 5.30. The number of rotatable bonds is 6. The molecule has 9 nitrogen and oxygen atoms in total. The van der Waals surface area contributed by atoms with Crippen LogP contribution in [0.2, 0.25) is 5.02 Å². The number of hydrogen-bond acceptors (Lipinski definition) is 8. The SMILES string of the molecule is O=[N+]([O-])c1ccc(S(=O)(=O)c2cnc(NS(=O)(=O)c3ccc(Cl)cc3)s2)cc1. The fourth-order valence-electron chi connectivity index (χ4n) is 2.08. The molecule has 2 aromatic carbocycles. The van der Waals surface area contributed by atoms with Crippen molar-refractivity contribution in [3.8, 4) is 0 Å². The van der Waals surface area contributed by atoms with Gasteiger partial charge in [0.2, 0.25) is 9.84 Å². The number of thiazole rings is 1. The van der Waals surface area contributed by atoms with E-state index >= 15 is 0 Å². The Labute approximate surface area is 168 Å². The number of benzene rings is 2. The zero-order valence-corrected chi connectivity index (χ0v) is 16.8. The van der Waals surface area contributed by atoms with Crippen LogP contribution in [0.15, 0.2) is 68.7 Å². The van der Waals surface area contributed by atoms with Crippen LogP contribution in [0.25, 0.3) is 0 Å². The Morgan fingerprint density at radius 1 is 0.964 bits per heavy atom. The number of aromatic nitrogens is 1. The molecule has 146 valence electrons. The zero-order valence-electron chi connectivity index (χ0n) is 13.6. The Bertz CT molecular complexity index is 1240. The standard InChI is InChI=1S/C15H10ClN3O6S3/c16-10-1-5-13(6-2-10)28(24,25)18-15-17-9-14(26-15)27(22,23)12-7-3-11(4-8-12)19(20)21/h1-9H,(H,17,18). The number of nitro groups is 1. The van der Waals surface area contributed by atoms with Crippen LogP contribution >= 0.6 is 22.9 Å². The fraction of sp³-hybridized carbons (Fsp3) is 0. The molecule has 0 saturated carbocycles. The maximum atomic E-state index is 12.6. The van der Waals surface area contributed by atoms with Gasteiger partial charge in [-0.15, -0.1) is 0 Å². The Balaban J connectivity index is 1.86. The molecular formula is C15H10ClN3O6S3. The first-order chi connectivity index (χ1) is 13.1. The van der Waals surface area contributed by atoms with E-state index in [0.717, 1.165) is 30.5 Å². The van der Waals surface area contributed by atoms with Crippen molar-refractivity contribution < 1.29 is 21.8 Å². The summed E-state index contributed by atoms with van der Waals surface area (Å²) in [6.07, 6.45) is 1.02. The Morgan fingerprint density at radius 2 is 1.54 bits per heavy atom. The summed E-state index contributed by atoms with van der Waals surface area (Å²) in [5, 5.41) is 10.9. The minimum absolute atomic E-state index is 0.0631. The van der Waals surface area contributed by atoms with Gasteiger partial charge in [-0.1, -0.05) is 22.9 Å². The molecular weight excluding hydrogens is 450 g/mol. The number of nitrogens with zero attached hydrogens (tertiary/aromatic N) is 2. The smallest absolute Gasteiger partial charge is 0.258 e. The summed E-state index contributed by atoms with van der Waals surface area (Å²) >= 11 is 6.35. The van der Waals surface area contributed by atoms with Crippen LogP contribution in [0.3, 0.4) is 0 Å². The van der Waals surface area contributed by atoms with Gasteiger partial charge in [-0.3, -0.25) is 14.8 Å². The Morgan fingerprint density at radius 3 is 2.11 bits per heavy atom. The van der Waals surface area contributed by atoms with Crippen molar-refractivity contribution >= 4 is 53.6 Å². The third kappa shape index (κ3) is 4.14. The lowest BCUT2D eigenvalue weighted by molar-refractivity contribution is -0.384. The number of halogens is 1. The third-order valence-corrected chi connectivity index (χ3v) is 8.33. The lowest BCUT2D eigenvalue weighted by Gasteiger charge is -2.05. The van der Waals surface area contributed by atoms with Crippen molar-refractivity contribution in [3.05, 3.63) is 69.9 Å². The van der Waals surface area contributed by atoms with Gasteiger partial charge in [0.25, 0.3) is 15.7 Å². The predicted molar refractivity (Wildman–Crippen MR) is 103 cm³/mol. The molecule has 0 aliphatic rings. The molecule has 0 atom stereocenters. The normalized spacial score (nSPS) is 11.9. The van der Waals surface area contributed by atoms with Gasteiger partial charge in [-0.2, -0.15) is 0 Å². The van der Waals surface area contributed by atoms with Crippen molar-refractivity contribution in [2.75, 3.05) is 4.72 Å². The van der Waals surface area contributed by atoms with Crippen LogP contribution in [-0.2, 0) is 19.9 Å². The topological polar surface area (TPSA) is 136 Å². The van der Waals surface area contributed by atoms with Gasteiger partial charge in [-0.05, 0) is 36.4 Å². The lowest BCUT2D eigenvalue weighted by atomic mass is 10.3. The highest BCUT2D eigenvalue weighted by Crippen LogP contribution is 2.30. The number of nitro benzene ring substituents is 1. The average molecular weight is 460 g/mol. The number of non-ortho nitro benzene ring substituents is 1. The largest absolute Gasteiger partial charge is 0.269 e. The summed E-state index contributed by atoms with van der Waals surface area (Å²) < 4.78 is 51.9. The zero-order chi connectivity index (χ0) is 20.5. The summed E-state index contributed by atoms with van der Waals surface area (Å²) in [6, 6.07) is 9.75. The minimum Gasteiger partial charge on any atom is -0.258 e. The molecule has 0 aliphatic heterocycles. The molecule has 3 rings (SSSR count). The van der Waals surface area contributed by atoms with E-state index in [9.17, 15) is 26.9 Å². The van der Waals surface area contributed by atoms with Crippen LogP contribution in [0.1, 0.15) is 0 Å². The van der Waals surface area contributed by atoms with Crippen LogP contribution in [0.5, 0.6) is 0 Å². The number of sulfone groups is 1. The quantitative estimate of drug-likeness (QED) is 0.440. The second-order valence-corrected chi connectivity index (χ2v) is 10.6. The van der Waals surface area contributed by atoms with E-state index in [2.05, 4.69) is 9.71 Å². The summed E-state index contributed by atoms with van der Waals surface area (Å²) in [6.45, 7) is 0. The molecule has 1 aromatic heterocycles. The van der Waals surface area contributed by atoms with Gasteiger partial charge < -0.3 is 0 Å². The average Bonchev–Trinajstić information content (AvgIpc) is 3.10. The van der Waals surface area contributed by atoms with Crippen LogP contribution in [-0.4, -0.2) is 26.7 Å². The molecule has 0 spiro atoms. The molecule has 0 bridgehead atoms. The second kappa shape index (κ2) is 7.47. The van der Waals surface area contributed by atoms with Gasteiger partial charge in [0.1, 0.15) is 4.21 Å². The van der Waals surface area contributed by atoms with Gasteiger partial charge >= 0.3 is 0 Å². The van der Waals surface area contributed by atoms with Crippen molar-refractivity contribution in [2.45, 2.75) is 14.0 Å². The predicted octanol–water partition coefficient (Wildman–Crippen LogP) is 3.34. The minimum atomic E-state index is -4.01. The van der Waals surface area contributed by atoms with Crippen LogP contribution in [0.4, 0.5) is 10.8 Å². The molecule has 1 N–H and O–H groups in total. The van der Waals surface area contributed by atoms with E-state index < -0.39 is 24.8 Å². The first kappa shape index (κ1) is 20.2. The third-order valence-electron chi connectivity index (χ3n) is 3.45. The van der Waals surface area contributed by atoms with E-state index in [1.165, 1.54) is 24.3 Å². The highest BCUT2D eigenvalue weighted by molar-refractivity contribution is 7.94. The highest BCUT2D eigenvalue weighted by atomic mass is 35.5. The fourth-order valence-corrected chi connectivity index (χ4v) is 5.88. The summed E-state index contributed by atoms with van der Waals surface area (Å²) in [5.41, 5.74) is -0.250. The van der Waals surface area contributed by atoms with E-state index in [0.29, 0.717) is 16.4 Å². The molecule has 28 heavy (non-hydrogen) atoms. The van der Waals surface area contributed by atoms with Crippen molar-refractivity contribution in [3.63, 3.8) is 0 Å². The maximum absolute atomic E-state index is 12.6. The number of hydrogen-bond donors (Lipinski definition) is 1. The van der Waals surface area contributed by atoms with E-state index in [1.54, 1.807) is 0 Å². The molecule has 0 fully saturated rings. The van der Waals surface area contributed by atoms with E-state index in [4.69, 9.17) is 11.6 Å². The van der Waals surface area contributed by atoms with Gasteiger partial charge in [0, 0.05) is 17.2 Å². The molecule has 13 heteroatoms. The molecule has 0 amide bonds. The van der Waals surface area contributed by atoms with Gasteiger partial charge in [-0.25, -0.2) is 21.8 Å². The number of anilines is 1. The first-order valence-corrected chi connectivity index (χ1v) is 11.5. The monoisotopic (exact) mass is 459 g/mol.